The fraction of sp³-hybridized carbons (Fsp3) is 0.538. The van der Waals surface area contributed by atoms with Gasteiger partial charge in [-0.25, -0.2) is 4.98 Å². The lowest BCUT2D eigenvalue weighted by atomic mass is 9.99. The lowest BCUT2D eigenvalue weighted by molar-refractivity contribution is 0.209. The number of thiazole rings is 1. The van der Waals surface area contributed by atoms with Crippen molar-refractivity contribution in [3.8, 4) is 11.3 Å². The third-order valence-electron chi connectivity index (χ3n) is 3.64. The highest BCUT2D eigenvalue weighted by molar-refractivity contribution is 7.11. The minimum atomic E-state index is 0.246. The summed E-state index contributed by atoms with van der Waals surface area (Å²) in [6.45, 7) is 4.10. The number of aliphatic hydroxyl groups is 1. The first-order chi connectivity index (χ1) is 9.69. The van der Waals surface area contributed by atoms with E-state index in [2.05, 4.69) is 14.3 Å². The van der Waals surface area contributed by atoms with Gasteiger partial charge in [0.1, 0.15) is 10.8 Å². The first-order valence-electron chi connectivity index (χ1n) is 6.72. The molecule has 2 aromatic rings. The molecule has 0 aliphatic carbocycles. The molecule has 1 atom stereocenters. The van der Waals surface area contributed by atoms with Crippen molar-refractivity contribution in [1.29, 1.82) is 0 Å². The average molecular weight is 310 g/mol. The highest BCUT2D eigenvalue weighted by Gasteiger charge is 2.25. The van der Waals surface area contributed by atoms with Gasteiger partial charge in [0.2, 0.25) is 0 Å². The smallest absolute Gasteiger partial charge is 0.148 e. The summed E-state index contributed by atoms with van der Waals surface area (Å²) in [6, 6.07) is 0. The zero-order chi connectivity index (χ0) is 14.1. The number of anilines is 2. The lowest BCUT2D eigenvalue weighted by Crippen LogP contribution is -2.36. The maximum Gasteiger partial charge on any atom is 0.148 e. The number of hydrogen-bond acceptors (Lipinski definition) is 7. The summed E-state index contributed by atoms with van der Waals surface area (Å²) in [7, 11) is 0. The Morgan fingerprint density at radius 2 is 2.40 bits per heavy atom. The number of nitrogens with zero attached hydrogens (tertiary/aromatic N) is 3. The molecule has 0 aromatic carbocycles. The number of aromatic nitrogens is 2. The highest BCUT2D eigenvalue weighted by atomic mass is 32.1. The quantitative estimate of drug-likeness (QED) is 0.910. The fourth-order valence-electron chi connectivity index (χ4n) is 2.63. The number of nitrogens with two attached hydrogens (primary N) is 1. The van der Waals surface area contributed by atoms with Crippen molar-refractivity contribution in [1.82, 2.24) is 9.36 Å². The standard InChI is InChI=1S/C13H18N4OS2/c1-8-15-10(7-19-8)11-12(14)16-20-13(11)17-4-2-3-9(5-17)6-18/h7,9,18H,2-6H2,1H3,(H2,14,16). The van der Waals surface area contributed by atoms with Gasteiger partial charge in [0.05, 0.1) is 16.3 Å². The van der Waals surface area contributed by atoms with Crippen LogP contribution in [0.3, 0.4) is 0 Å². The molecular weight excluding hydrogens is 292 g/mol. The maximum atomic E-state index is 9.38. The van der Waals surface area contributed by atoms with Gasteiger partial charge in [0.25, 0.3) is 0 Å². The summed E-state index contributed by atoms with van der Waals surface area (Å²) in [6.07, 6.45) is 2.19. The van der Waals surface area contributed by atoms with E-state index < -0.39 is 0 Å². The van der Waals surface area contributed by atoms with Crippen LogP contribution in [0.2, 0.25) is 0 Å². The van der Waals surface area contributed by atoms with Gasteiger partial charge >= 0.3 is 0 Å². The van der Waals surface area contributed by atoms with Crippen LogP contribution in [-0.4, -0.2) is 34.2 Å². The Morgan fingerprint density at radius 3 is 3.10 bits per heavy atom. The first kappa shape index (κ1) is 13.8. The Kier molecular flexibility index (Phi) is 3.91. The largest absolute Gasteiger partial charge is 0.396 e. The third-order valence-corrected chi connectivity index (χ3v) is 5.34. The summed E-state index contributed by atoms with van der Waals surface area (Å²) >= 11 is 3.06. The predicted octanol–water partition coefficient (Wildman–Crippen LogP) is 2.37. The fourth-order valence-corrected chi connectivity index (χ4v) is 4.09. The zero-order valence-corrected chi connectivity index (χ0v) is 13.0. The molecule has 3 heterocycles. The SMILES string of the molecule is Cc1nc(-c2c(N)nsc2N2CCCC(CO)C2)cs1. The van der Waals surface area contributed by atoms with Crippen LogP contribution in [0.25, 0.3) is 11.3 Å². The lowest BCUT2D eigenvalue weighted by Gasteiger charge is -2.32. The summed E-state index contributed by atoms with van der Waals surface area (Å²) in [5, 5.41) is 13.5. The molecule has 20 heavy (non-hydrogen) atoms. The predicted molar refractivity (Wildman–Crippen MR) is 84.4 cm³/mol. The number of rotatable bonds is 3. The molecule has 1 aliphatic rings. The van der Waals surface area contributed by atoms with E-state index in [4.69, 9.17) is 5.73 Å². The van der Waals surface area contributed by atoms with E-state index in [1.165, 1.54) is 11.5 Å². The third kappa shape index (κ3) is 2.53. The van der Waals surface area contributed by atoms with E-state index in [-0.39, 0.29) is 6.61 Å². The number of nitrogen functional groups attached to an aromatic ring is 1. The topological polar surface area (TPSA) is 75.3 Å². The molecule has 5 nitrogen and oxygen atoms in total. The van der Waals surface area contributed by atoms with Gasteiger partial charge in [-0.1, -0.05) is 0 Å². The van der Waals surface area contributed by atoms with Gasteiger partial charge in [-0.3, -0.25) is 0 Å². The van der Waals surface area contributed by atoms with Crippen LogP contribution in [0.4, 0.5) is 10.8 Å². The van der Waals surface area contributed by atoms with Gasteiger partial charge in [0, 0.05) is 25.1 Å². The molecule has 108 valence electrons. The Hall–Kier alpha value is -1.18. The molecule has 0 saturated carbocycles. The van der Waals surface area contributed by atoms with Crippen LogP contribution >= 0.6 is 22.9 Å². The van der Waals surface area contributed by atoms with E-state index >= 15 is 0 Å². The molecule has 0 radical (unpaired) electrons. The summed E-state index contributed by atoms with van der Waals surface area (Å²) < 4.78 is 4.31. The molecule has 0 amide bonds. The van der Waals surface area contributed by atoms with Crippen molar-refractivity contribution in [3.63, 3.8) is 0 Å². The number of aliphatic hydroxyl groups excluding tert-OH is 1. The summed E-state index contributed by atoms with van der Waals surface area (Å²) in [5.74, 6) is 0.901. The van der Waals surface area contributed by atoms with Gasteiger partial charge in [-0.2, -0.15) is 4.37 Å². The van der Waals surface area contributed by atoms with E-state index in [1.54, 1.807) is 11.3 Å². The zero-order valence-electron chi connectivity index (χ0n) is 11.4. The Labute approximate surface area is 126 Å². The molecule has 1 saturated heterocycles. The van der Waals surface area contributed by atoms with Crippen LogP contribution in [-0.2, 0) is 0 Å². The van der Waals surface area contributed by atoms with E-state index in [0.29, 0.717) is 11.7 Å². The molecule has 0 bridgehead atoms. The van der Waals surface area contributed by atoms with Crippen molar-refractivity contribution in [2.24, 2.45) is 5.92 Å². The normalized spacial score (nSPS) is 19.5. The second-order valence-corrected chi connectivity index (χ2v) is 6.95. The van der Waals surface area contributed by atoms with Crippen LogP contribution in [0.5, 0.6) is 0 Å². The molecule has 1 unspecified atom stereocenters. The molecule has 0 spiro atoms. The van der Waals surface area contributed by atoms with E-state index in [0.717, 1.165) is 47.2 Å². The van der Waals surface area contributed by atoms with Crippen molar-refractivity contribution >= 4 is 33.7 Å². The Morgan fingerprint density at radius 1 is 1.55 bits per heavy atom. The van der Waals surface area contributed by atoms with E-state index in [1.807, 2.05) is 12.3 Å². The van der Waals surface area contributed by atoms with Gasteiger partial charge in [0.15, 0.2) is 0 Å². The maximum absolute atomic E-state index is 9.38. The van der Waals surface area contributed by atoms with Crippen molar-refractivity contribution in [2.75, 3.05) is 30.3 Å². The monoisotopic (exact) mass is 310 g/mol. The first-order valence-corrected chi connectivity index (χ1v) is 8.37. The molecule has 2 aromatic heterocycles. The van der Waals surface area contributed by atoms with Crippen molar-refractivity contribution in [2.45, 2.75) is 19.8 Å². The minimum absolute atomic E-state index is 0.246. The molecule has 7 heteroatoms. The second kappa shape index (κ2) is 5.67. The van der Waals surface area contributed by atoms with Gasteiger partial charge < -0.3 is 15.7 Å². The van der Waals surface area contributed by atoms with E-state index in [9.17, 15) is 5.11 Å². The Balaban J connectivity index is 1.94. The summed E-state index contributed by atoms with van der Waals surface area (Å²) in [4.78, 5) is 6.83. The molecule has 3 N–H and O–H groups in total. The molecule has 1 fully saturated rings. The number of piperidine rings is 1. The van der Waals surface area contributed by atoms with Gasteiger partial charge in [-0.05, 0) is 37.2 Å². The Bertz CT molecular complexity index is 595. The van der Waals surface area contributed by atoms with Crippen molar-refractivity contribution in [3.05, 3.63) is 10.4 Å². The molecule has 3 rings (SSSR count). The summed E-state index contributed by atoms with van der Waals surface area (Å²) in [5.41, 5.74) is 7.92. The average Bonchev–Trinajstić information content (AvgIpc) is 3.04. The van der Waals surface area contributed by atoms with Crippen molar-refractivity contribution < 1.29 is 5.11 Å². The highest BCUT2D eigenvalue weighted by Crippen LogP contribution is 2.40. The van der Waals surface area contributed by atoms with Crippen LogP contribution in [0, 0.1) is 12.8 Å². The number of aryl methyl sites for hydroxylation is 1. The van der Waals surface area contributed by atoms with Crippen LogP contribution in [0.15, 0.2) is 5.38 Å². The minimum Gasteiger partial charge on any atom is -0.396 e. The molecular formula is C13H18N4OS2. The van der Waals surface area contributed by atoms with Crippen LogP contribution in [0.1, 0.15) is 17.8 Å². The molecule has 1 aliphatic heterocycles. The van der Waals surface area contributed by atoms with Crippen LogP contribution < -0.4 is 10.6 Å². The number of hydrogen-bond donors (Lipinski definition) is 2. The second-order valence-electron chi connectivity index (χ2n) is 5.14. The van der Waals surface area contributed by atoms with Gasteiger partial charge in [-0.15, -0.1) is 11.3 Å².